The van der Waals surface area contributed by atoms with Gasteiger partial charge in [0.25, 0.3) is 11.6 Å². The number of nitrogens with one attached hydrogen (secondary N) is 1. The molecule has 0 unspecified atom stereocenters. The average Bonchev–Trinajstić information content (AvgIpc) is 2.93. The summed E-state index contributed by atoms with van der Waals surface area (Å²) in [5.41, 5.74) is 1.88. The Morgan fingerprint density at radius 2 is 1.66 bits per heavy atom. The molecule has 1 N–H and O–H groups in total. The Morgan fingerprint density at radius 3 is 2.26 bits per heavy atom. The third-order valence-corrected chi connectivity index (χ3v) is 7.22. The molecule has 2 aliphatic heterocycles. The Kier molecular flexibility index (Phi) is 8.48. The highest BCUT2D eigenvalue weighted by molar-refractivity contribution is 8.00. The third-order valence-electron chi connectivity index (χ3n) is 5.88. The minimum absolute atomic E-state index is 0.0103. The quantitative estimate of drug-likeness (QED) is 0.205. The van der Waals surface area contributed by atoms with Crippen molar-refractivity contribution in [2.24, 2.45) is 0 Å². The van der Waals surface area contributed by atoms with Crippen molar-refractivity contribution >= 4 is 35.4 Å². The van der Waals surface area contributed by atoms with Gasteiger partial charge in [0.05, 0.1) is 18.6 Å². The molecule has 0 spiro atoms. The van der Waals surface area contributed by atoms with Crippen LogP contribution in [0.4, 0.5) is 10.5 Å². The molecular weight excluding hydrogens is 518 g/mol. The molecule has 13 heteroatoms. The monoisotopic (exact) mass is 543 g/mol. The average molecular weight is 544 g/mol. The molecule has 2 heterocycles. The Bertz CT molecular complexity index is 1250. The number of fused-ring (bicyclic) bond motifs is 1. The van der Waals surface area contributed by atoms with Gasteiger partial charge in [-0.15, -0.1) is 11.8 Å². The van der Waals surface area contributed by atoms with E-state index < -0.39 is 34.3 Å². The molecule has 2 aromatic carbocycles. The van der Waals surface area contributed by atoms with Gasteiger partial charge in [-0.25, -0.2) is 9.59 Å². The summed E-state index contributed by atoms with van der Waals surface area (Å²) in [5, 5.41) is 12.9. The van der Waals surface area contributed by atoms with E-state index in [2.05, 4.69) is 5.32 Å². The zero-order chi connectivity index (χ0) is 27.2. The number of methoxy groups -OCH3 is 2. The number of non-ortho nitro benzene ring substituents is 1. The molecule has 2 aliphatic rings. The number of nitro groups is 1. The molecule has 0 bridgehead atoms. The van der Waals surface area contributed by atoms with Gasteiger partial charge in [-0.1, -0.05) is 12.1 Å². The summed E-state index contributed by atoms with van der Waals surface area (Å²) in [6.45, 7) is -0.0103. The van der Waals surface area contributed by atoms with E-state index in [1.807, 2.05) is 0 Å². The summed E-state index contributed by atoms with van der Waals surface area (Å²) in [6.07, 6.45) is -0.756. The Morgan fingerprint density at radius 1 is 1.03 bits per heavy atom. The van der Waals surface area contributed by atoms with Crippen LogP contribution in [-0.2, 0) is 37.0 Å². The van der Waals surface area contributed by atoms with E-state index in [-0.39, 0.29) is 31.2 Å². The van der Waals surface area contributed by atoms with Gasteiger partial charge in [0.1, 0.15) is 36.1 Å². The van der Waals surface area contributed by atoms with Crippen LogP contribution < -0.4 is 10.1 Å². The number of rotatable bonds is 10. The van der Waals surface area contributed by atoms with E-state index >= 15 is 0 Å². The lowest BCUT2D eigenvalue weighted by Gasteiger charge is -2.49. The van der Waals surface area contributed by atoms with E-state index in [0.717, 1.165) is 5.56 Å². The van der Waals surface area contributed by atoms with Crippen LogP contribution in [0.3, 0.4) is 0 Å². The topological polar surface area (TPSA) is 147 Å². The number of carbonyl (C=O) groups is 3. The first-order chi connectivity index (χ1) is 18.3. The maximum Gasteiger partial charge on any atom is 0.408 e. The van der Waals surface area contributed by atoms with E-state index in [0.29, 0.717) is 22.6 Å². The number of alkyl carbamates (subject to hydrolysis) is 1. The summed E-state index contributed by atoms with van der Waals surface area (Å²) in [7, 11) is 3.03. The molecular formula is C25H25N3O9S. The Balaban J connectivity index is 1.37. The molecule has 1 fully saturated rings. The van der Waals surface area contributed by atoms with Crippen molar-refractivity contribution in [3.05, 3.63) is 81.0 Å². The molecule has 0 aromatic heterocycles. The molecule has 2 aromatic rings. The van der Waals surface area contributed by atoms with Crippen LogP contribution in [0.1, 0.15) is 11.1 Å². The Hall–Kier alpha value is -4.10. The van der Waals surface area contributed by atoms with Gasteiger partial charge in [-0.3, -0.25) is 19.8 Å². The fraction of sp³-hybridized carbons (Fsp3) is 0.320. The zero-order valence-electron chi connectivity index (χ0n) is 20.6. The van der Waals surface area contributed by atoms with Crippen molar-refractivity contribution in [1.29, 1.82) is 0 Å². The van der Waals surface area contributed by atoms with Gasteiger partial charge in [-0.05, 0) is 41.0 Å². The smallest absolute Gasteiger partial charge is 0.408 e. The van der Waals surface area contributed by atoms with E-state index in [1.54, 1.807) is 31.4 Å². The van der Waals surface area contributed by atoms with Crippen LogP contribution in [0.5, 0.6) is 5.75 Å². The largest absolute Gasteiger partial charge is 0.497 e. The van der Waals surface area contributed by atoms with Crippen LogP contribution in [0.15, 0.2) is 59.8 Å². The summed E-state index contributed by atoms with van der Waals surface area (Å²) in [6, 6.07) is 11.7. The number of carbonyl (C=O) groups excluding carboxylic acids is 3. The zero-order valence-corrected chi connectivity index (χ0v) is 21.4. The lowest BCUT2D eigenvalue weighted by atomic mass is 10.0. The van der Waals surface area contributed by atoms with Crippen molar-refractivity contribution in [2.45, 2.75) is 24.6 Å². The van der Waals surface area contributed by atoms with Crippen molar-refractivity contribution < 1.29 is 38.3 Å². The summed E-state index contributed by atoms with van der Waals surface area (Å²) < 4.78 is 21.0. The number of benzene rings is 2. The van der Waals surface area contributed by atoms with Crippen molar-refractivity contribution in [2.75, 3.05) is 26.6 Å². The highest BCUT2D eigenvalue weighted by atomic mass is 32.2. The van der Waals surface area contributed by atoms with Crippen molar-refractivity contribution in [3.8, 4) is 5.75 Å². The molecule has 0 aliphatic carbocycles. The highest BCUT2D eigenvalue weighted by Gasteiger charge is 2.54. The molecule has 12 nitrogen and oxygen atoms in total. The fourth-order valence-corrected chi connectivity index (χ4v) is 5.25. The van der Waals surface area contributed by atoms with Crippen LogP contribution in [-0.4, -0.2) is 65.8 Å². The van der Waals surface area contributed by atoms with Gasteiger partial charge in [0, 0.05) is 25.0 Å². The normalized spacial score (nSPS) is 18.3. The van der Waals surface area contributed by atoms with Gasteiger partial charge in [-0.2, -0.15) is 0 Å². The molecule has 0 radical (unpaired) electrons. The van der Waals surface area contributed by atoms with Crippen LogP contribution in [0.25, 0.3) is 0 Å². The number of β-lactam (4-membered cyclic amide) rings is 1. The van der Waals surface area contributed by atoms with Gasteiger partial charge in [0.15, 0.2) is 0 Å². The summed E-state index contributed by atoms with van der Waals surface area (Å²) in [4.78, 5) is 50.0. The molecule has 4 rings (SSSR count). The van der Waals surface area contributed by atoms with Crippen molar-refractivity contribution in [3.63, 3.8) is 0 Å². The molecule has 1 saturated heterocycles. The van der Waals surface area contributed by atoms with Crippen LogP contribution in [0.2, 0.25) is 0 Å². The Labute approximate surface area is 222 Å². The van der Waals surface area contributed by atoms with Crippen LogP contribution >= 0.6 is 11.8 Å². The predicted molar refractivity (Wildman–Crippen MR) is 135 cm³/mol. The first-order valence-corrected chi connectivity index (χ1v) is 12.5. The maximum absolute atomic E-state index is 13.0. The maximum atomic E-state index is 13.0. The van der Waals surface area contributed by atoms with Gasteiger partial charge in [0.2, 0.25) is 0 Å². The lowest BCUT2D eigenvalue weighted by molar-refractivity contribution is -0.384. The number of ether oxygens (including phenoxy) is 4. The second kappa shape index (κ2) is 12.0. The second-order valence-corrected chi connectivity index (χ2v) is 9.45. The molecule has 0 saturated carbocycles. The first kappa shape index (κ1) is 26.9. The minimum Gasteiger partial charge on any atom is -0.497 e. The number of amides is 2. The number of nitro benzene ring substituents is 1. The van der Waals surface area contributed by atoms with E-state index in [1.165, 1.54) is 48.0 Å². The molecule has 2 amide bonds. The standard InChI is InChI=1S/C25H25N3O9S/c1-34-13-17-14-38-23-20(26-25(31)37-12-16-5-9-19(35-2)10-6-16)22(29)27(23)21(17)24(30)36-11-15-3-7-18(8-4-15)28(32)33/h3-10,20,23H,11-14H2,1-2H3,(H,26,31)/t20-,23+/m1/s1. The minimum atomic E-state index is -0.870. The number of thioether (sulfide) groups is 1. The van der Waals surface area contributed by atoms with Gasteiger partial charge >= 0.3 is 12.1 Å². The van der Waals surface area contributed by atoms with E-state index in [4.69, 9.17) is 18.9 Å². The first-order valence-electron chi connectivity index (χ1n) is 11.4. The second-order valence-electron chi connectivity index (χ2n) is 8.34. The van der Waals surface area contributed by atoms with E-state index in [9.17, 15) is 24.5 Å². The fourth-order valence-electron chi connectivity index (χ4n) is 3.93. The number of esters is 1. The number of hydrogen-bond acceptors (Lipinski definition) is 10. The lowest BCUT2D eigenvalue weighted by Crippen LogP contribution is -2.70. The molecule has 38 heavy (non-hydrogen) atoms. The highest BCUT2D eigenvalue weighted by Crippen LogP contribution is 2.40. The number of nitrogens with zero attached hydrogens (tertiary/aromatic N) is 2. The predicted octanol–water partition coefficient (Wildman–Crippen LogP) is 2.76. The van der Waals surface area contributed by atoms with Crippen LogP contribution in [0, 0.1) is 10.1 Å². The van der Waals surface area contributed by atoms with Crippen molar-refractivity contribution in [1.82, 2.24) is 10.2 Å². The summed E-state index contributed by atoms with van der Waals surface area (Å²) in [5.74, 6) is -0.131. The SMILES string of the molecule is COCC1=C(C(=O)OCc2ccc([N+](=O)[O-])cc2)N2C(=O)[C@@H](NC(=O)OCc3ccc(OC)cc3)[C@@H]2SC1. The third kappa shape index (κ3) is 5.89. The summed E-state index contributed by atoms with van der Waals surface area (Å²) >= 11 is 1.38. The number of hydrogen-bond donors (Lipinski definition) is 1. The van der Waals surface area contributed by atoms with Gasteiger partial charge < -0.3 is 24.3 Å². The molecule has 200 valence electrons. The molecule has 2 atom stereocenters.